The van der Waals surface area contributed by atoms with Crippen molar-refractivity contribution in [1.29, 1.82) is 0 Å². The van der Waals surface area contributed by atoms with E-state index in [2.05, 4.69) is 25.4 Å². The lowest BCUT2D eigenvalue weighted by Gasteiger charge is -2.10. The van der Waals surface area contributed by atoms with Crippen LogP contribution in [0.2, 0.25) is 0 Å². The molecule has 35 heavy (non-hydrogen) atoms. The van der Waals surface area contributed by atoms with Gasteiger partial charge in [0, 0.05) is 29.8 Å². The topological polar surface area (TPSA) is 88.9 Å². The summed E-state index contributed by atoms with van der Waals surface area (Å²) in [7, 11) is 0. The van der Waals surface area contributed by atoms with Gasteiger partial charge in [-0.25, -0.2) is 0 Å². The number of hydrogen-bond acceptors (Lipinski definition) is 4. The van der Waals surface area contributed by atoms with Crippen LogP contribution in [0.25, 0.3) is 22.5 Å². The quantitative estimate of drug-likeness (QED) is 0.432. The lowest BCUT2D eigenvalue weighted by molar-refractivity contribution is -0.115. The highest BCUT2D eigenvalue weighted by Crippen LogP contribution is 2.25. The minimum absolute atomic E-state index is 0.121. The predicted octanol–water partition coefficient (Wildman–Crippen LogP) is 4.71. The Morgan fingerprint density at radius 1 is 0.800 bits per heavy atom. The Labute approximate surface area is 204 Å². The van der Waals surface area contributed by atoms with E-state index in [1.807, 2.05) is 66.7 Å². The molecule has 5 rings (SSSR count). The fourth-order valence-corrected chi connectivity index (χ4v) is 4.35. The molecule has 1 aromatic heterocycles. The van der Waals surface area contributed by atoms with Crippen molar-refractivity contribution in [1.82, 2.24) is 20.1 Å². The first-order valence-corrected chi connectivity index (χ1v) is 11.9. The highest BCUT2D eigenvalue weighted by molar-refractivity contribution is 5.99. The smallest absolute Gasteiger partial charge is 0.251 e. The molecule has 2 amide bonds. The Bertz CT molecular complexity index is 1330. The number of fused-ring (bicyclic) bond motifs is 1. The van der Waals surface area contributed by atoms with Crippen LogP contribution in [0, 0.1) is 0 Å². The second-order valence-electron chi connectivity index (χ2n) is 8.66. The molecule has 176 valence electrons. The van der Waals surface area contributed by atoms with Crippen molar-refractivity contribution in [3.8, 4) is 22.5 Å². The summed E-state index contributed by atoms with van der Waals surface area (Å²) < 4.78 is 2.18. The molecule has 0 spiro atoms. The molecule has 0 bridgehead atoms. The molecule has 2 heterocycles. The summed E-state index contributed by atoms with van der Waals surface area (Å²) in [5.41, 5.74) is 4.19. The molecule has 1 aliphatic rings. The SMILES string of the molecule is O=C(CNC(=O)c1ccc(-c2ccccc2)cc1)Nc1cccc(-c2nnc3n2CCCCC3)c1. The van der Waals surface area contributed by atoms with Crippen LogP contribution >= 0.6 is 0 Å². The summed E-state index contributed by atoms with van der Waals surface area (Å²) in [5, 5.41) is 14.3. The molecule has 7 heteroatoms. The first kappa shape index (κ1) is 22.5. The molecule has 0 saturated heterocycles. The van der Waals surface area contributed by atoms with Crippen molar-refractivity contribution >= 4 is 17.5 Å². The molecule has 0 fully saturated rings. The van der Waals surface area contributed by atoms with Gasteiger partial charge in [0.15, 0.2) is 5.82 Å². The zero-order valence-corrected chi connectivity index (χ0v) is 19.4. The standard InChI is InChI=1S/C28H27N5O2/c34-26(19-29-28(35)22-15-13-21(14-16-22)20-8-3-1-4-9-20)30-24-11-7-10-23(18-24)27-32-31-25-12-5-2-6-17-33(25)27/h1,3-4,7-11,13-16,18H,2,5-6,12,17,19H2,(H,29,35)(H,30,34). The third-order valence-electron chi connectivity index (χ3n) is 6.18. The third-order valence-corrected chi connectivity index (χ3v) is 6.18. The normalized spacial score (nSPS) is 12.9. The van der Waals surface area contributed by atoms with Gasteiger partial charge < -0.3 is 15.2 Å². The fourth-order valence-electron chi connectivity index (χ4n) is 4.35. The van der Waals surface area contributed by atoms with E-state index in [0.717, 1.165) is 54.1 Å². The molecule has 0 atom stereocenters. The third kappa shape index (κ3) is 5.30. The second-order valence-corrected chi connectivity index (χ2v) is 8.66. The maximum Gasteiger partial charge on any atom is 0.251 e. The largest absolute Gasteiger partial charge is 0.343 e. The van der Waals surface area contributed by atoms with Crippen LogP contribution in [-0.2, 0) is 17.8 Å². The van der Waals surface area contributed by atoms with E-state index in [1.165, 1.54) is 6.42 Å². The van der Waals surface area contributed by atoms with E-state index < -0.39 is 0 Å². The number of carbonyl (C=O) groups is 2. The highest BCUT2D eigenvalue weighted by Gasteiger charge is 2.16. The van der Waals surface area contributed by atoms with Gasteiger partial charge in [0.05, 0.1) is 6.54 Å². The van der Waals surface area contributed by atoms with Crippen LogP contribution in [-0.4, -0.2) is 33.1 Å². The molecule has 0 unspecified atom stereocenters. The van der Waals surface area contributed by atoms with E-state index in [0.29, 0.717) is 11.3 Å². The van der Waals surface area contributed by atoms with Crippen molar-refractivity contribution in [2.24, 2.45) is 0 Å². The molecule has 7 nitrogen and oxygen atoms in total. The molecular weight excluding hydrogens is 438 g/mol. The van der Waals surface area contributed by atoms with Crippen molar-refractivity contribution in [3.63, 3.8) is 0 Å². The van der Waals surface area contributed by atoms with Gasteiger partial charge in [-0.3, -0.25) is 9.59 Å². The summed E-state index contributed by atoms with van der Waals surface area (Å²) in [6.07, 6.45) is 4.39. The van der Waals surface area contributed by atoms with Crippen molar-refractivity contribution < 1.29 is 9.59 Å². The van der Waals surface area contributed by atoms with Crippen LogP contribution in [0.15, 0.2) is 78.9 Å². The number of amides is 2. The van der Waals surface area contributed by atoms with Crippen LogP contribution in [0.4, 0.5) is 5.69 Å². The van der Waals surface area contributed by atoms with E-state index in [4.69, 9.17) is 0 Å². The Kier molecular flexibility index (Phi) is 6.66. The van der Waals surface area contributed by atoms with Gasteiger partial charge in [0.1, 0.15) is 5.82 Å². The van der Waals surface area contributed by atoms with Gasteiger partial charge in [-0.05, 0) is 48.2 Å². The maximum absolute atomic E-state index is 12.5. The molecule has 2 N–H and O–H groups in total. The fraction of sp³-hybridized carbons (Fsp3) is 0.214. The summed E-state index contributed by atoms with van der Waals surface area (Å²) in [6, 6.07) is 24.9. The number of aromatic nitrogens is 3. The summed E-state index contributed by atoms with van der Waals surface area (Å²) in [5.74, 6) is 1.26. The van der Waals surface area contributed by atoms with Crippen molar-refractivity contribution in [2.75, 3.05) is 11.9 Å². The Hall–Kier alpha value is -4.26. The first-order chi connectivity index (χ1) is 17.2. The minimum Gasteiger partial charge on any atom is -0.343 e. The van der Waals surface area contributed by atoms with Gasteiger partial charge in [-0.15, -0.1) is 10.2 Å². The Balaban J connectivity index is 1.19. The van der Waals surface area contributed by atoms with Crippen LogP contribution < -0.4 is 10.6 Å². The van der Waals surface area contributed by atoms with Crippen molar-refractivity contribution in [3.05, 3.63) is 90.3 Å². The molecule has 1 aliphatic heterocycles. The molecular formula is C28H27N5O2. The number of hydrogen-bond donors (Lipinski definition) is 2. The lowest BCUT2D eigenvalue weighted by Crippen LogP contribution is -2.32. The molecule has 0 saturated carbocycles. The zero-order valence-electron chi connectivity index (χ0n) is 19.4. The number of nitrogens with zero attached hydrogens (tertiary/aromatic N) is 3. The van der Waals surface area contributed by atoms with Gasteiger partial charge in [0.2, 0.25) is 5.91 Å². The average Bonchev–Trinajstić information content (AvgIpc) is 3.16. The van der Waals surface area contributed by atoms with E-state index in [-0.39, 0.29) is 18.4 Å². The number of carbonyl (C=O) groups excluding carboxylic acids is 2. The molecule has 0 radical (unpaired) electrons. The highest BCUT2D eigenvalue weighted by atomic mass is 16.2. The number of anilines is 1. The summed E-state index contributed by atoms with van der Waals surface area (Å²) in [6.45, 7) is 0.788. The average molecular weight is 466 g/mol. The lowest BCUT2D eigenvalue weighted by atomic mass is 10.0. The summed E-state index contributed by atoms with van der Waals surface area (Å²) >= 11 is 0. The number of nitrogens with one attached hydrogen (secondary N) is 2. The van der Waals surface area contributed by atoms with Gasteiger partial charge in [-0.2, -0.15) is 0 Å². The molecule has 0 aliphatic carbocycles. The number of rotatable bonds is 6. The van der Waals surface area contributed by atoms with Crippen LogP contribution in [0.5, 0.6) is 0 Å². The molecule has 3 aromatic carbocycles. The first-order valence-electron chi connectivity index (χ1n) is 11.9. The monoisotopic (exact) mass is 465 g/mol. The van der Waals surface area contributed by atoms with Gasteiger partial charge in [-0.1, -0.05) is 61.0 Å². The Morgan fingerprint density at radius 2 is 1.57 bits per heavy atom. The zero-order chi connectivity index (χ0) is 24.0. The van der Waals surface area contributed by atoms with E-state index in [1.54, 1.807) is 12.1 Å². The van der Waals surface area contributed by atoms with E-state index >= 15 is 0 Å². The summed E-state index contributed by atoms with van der Waals surface area (Å²) in [4.78, 5) is 25.0. The van der Waals surface area contributed by atoms with E-state index in [9.17, 15) is 9.59 Å². The number of aryl methyl sites for hydroxylation is 1. The second kappa shape index (κ2) is 10.3. The van der Waals surface area contributed by atoms with Crippen LogP contribution in [0.3, 0.4) is 0 Å². The van der Waals surface area contributed by atoms with Gasteiger partial charge in [0.25, 0.3) is 5.91 Å². The minimum atomic E-state index is -0.295. The van der Waals surface area contributed by atoms with Crippen LogP contribution in [0.1, 0.15) is 35.4 Å². The maximum atomic E-state index is 12.5. The number of benzene rings is 3. The predicted molar refractivity (Wildman–Crippen MR) is 136 cm³/mol. The van der Waals surface area contributed by atoms with Crippen molar-refractivity contribution in [2.45, 2.75) is 32.2 Å². The molecule has 4 aromatic rings. The Morgan fingerprint density at radius 3 is 2.40 bits per heavy atom. The van der Waals surface area contributed by atoms with Gasteiger partial charge >= 0.3 is 0 Å².